The topological polar surface area (TPSA) is 58.3 Å². The number of aromatic nitrogens is 1. The Labute approximate surface area is 93.9 Å². The van der Waals surface area contributed by atoms with Crippen LogP contribution in [0.1, 0.15) is 5.69 Å². The van der Waals surface area contributed by atoms with Crippen molar-refractivity contribution in [2.45, 2.75) is 6.42 Å². The van der Waals surface area contributed by atoms with Crippen LogP contribution in [0, 0.1) is 0 Å². The van der Waals surface area contributed by atoms with Crippen LogP contribution in [-0.2, 0) is 6.42 Å². The third-order valence-corrected chi connectivity index (χ3v) is 2.41. The number of phenolic OH excluding ortho intramolecular Hbond substituents is 1. The lowest BCUT2D eigenvalue weighted by atomic mass is 10.0. The molecule has 0 spiro atoms. The minimum atomic E-state index is 0.248. The number of hydrogen-bond acceptors (Lipinski definition) is 4. The molecule has 0 saturated carbocycles. The van der Waals surface area contributed by atoms with E-state index in [0.717, 1.165) is 29.8 Å². The summed E-state index contributed by atoms with van der Waals surface area (Å²) in [5.74, 6) is 0.248. The highest BCUT2D eigenvalue weighted by Gasteiger charge is 2.09. The van der Waals surface area contributed by atoms with Gasteiger partial charge in [0.2, 0.25) is 0 Å². The molecule has 0 bridgehead atoms. The van der Waals surface area contributed by atoms with Crippen LogP contribution in [0.3, 0.4) is 0 Å². The monoisotopic (exact) mass is 218 g/mol. The Bertz CT molecular complexity index is 466. The number of aromatic hydroxyl groups is 1. The van der Waals surface area contributed by atoms with E-state index < -0.39 is 0 Å². The van der Waals surface area contributed by atoms with E-state index in [1.165, 1.54) is 0 Å². The molecule has 16 heavy (non-hydrogen) atoms. The average molecular weight is 218 g/mol. The molecule has 1 aromatic heterocycles. The van der Waals surface area contributed by atoms with Crippen LogP contribution in [0.25, 0.3) is 11.1 Å². The molecule has 2 aromatic rings. The Morgan fingerprint density at radius 1 is 1.44 bits per heavy atom. The first-order chi connectivity index (χ1) is 7.81. The van der Waals surface area contributed by atoms with Crippen LogP contribution < -0.4 is 5.32 Å². The van der Waals surface area contributed by atoms with Crippen LogP contribution >= 0.6 is 0 Å². The van der Waals surface area contributed by atoms with Gasteiger partial charge in [-0.2, -0.15) is 0 Å². The van der Waals surface area contributed by atoms with Crippen molar-refractivity contribution in [3.8, 4) is 16.9 Å². The van der Waals surface area contributed by atoms with E-state index in [0.29, 0.717) is 0 Å². The summed E-state index contributed by atoms with van der Waals surface area (Å²) in [6, 6.07) is 7.08. The molecule has 4 nitrogen and oxygen atoms in total. The fraction of sp³-hybridized carbons (Fsp3) is 0.250. The number of hydrogen-bond donors (Lipinski definition) is 2. The Hall–Kier alpha value is -1.81. The summed E-state index contributed by atoms with van der Waals surface area (Å²) in [5.41, 5.74) is 2.76. The summed E-state index contributed by atoms with van der Waals surface area (Å²) in [7, 11) is 1.90. The molecule has 2 N–H and O–H groups in total. The largest absolute Gasteiger partial charge is 0.508 e. The third kappa shape index (κ3) is 2.23. The van der Waals surface area contributed by atoms with Gasteiger partial charge in [0.05, 0.1) is 5.69 Å². The quantitative estimate of drug-likeness (QED) is 0.821. The van der Waals surface area contributed by atoms with Gasteiger partial charge in [0.1, 0.15) is 12.0 Å². The highest BCUT2D eigenvalue weighted by atomic mass is 16.5. The van der Waals surface area contributed by atoms with E-state index in [-0.39, 0.29) is 5.75 Å². The van der Waals surface area contributed by atoms with E-state index in [9.17, 15) is 5.11 Å². The molecule has 0 unspecified atom stereocenters. The van der Waals surface area contributed by atoms with Crippen molar-refractivity contribution >= 4 is 0 Å². The average Bonchev–Trinajstić information content (AvgIpc) is 2.74. The molecule has 4 heteroatoms. The lowest BCUT2D eigenvalue weighted by Crippen LogP contribution is -2.10. The highest BCUT2D eigenvalue weighted by molar-refractivity contribution is 5.66. The first-order valence-corrected chi connectivity index (χ1v) is 5.18. The van der Waals surface area contributed by atoms with Gasteiger partial charge in [-0.1, -0.05) is 17.3 Å². The number of nitrogens with one attached hydrogen (secondary N) is 1. The summed E-state index contributed by atoms with van der Waals surface area (Å²) < 4.78 is 4.98. The molecule has 0 aliphatic carbocycles. The van der Waals surface area contributed by atoms with E-state index in [2.05, 4.69) is 10.5 Å². The van der Waals surface area contributed by atoms with E-state index >= 15 is 0 Å². The smallest absolute Gasteiger partial charge is 0.131 e. The van der Waals surface area contributed by atoms with Gasteiger partial charge < -0.3 is 14.9 Å². The standard InChI is InChI=1S/C12H14N2O2/c1-13-6-5-12-11(8-16-14-12)9-3-2-4-10(15)7-9/h2-4,7-8,13,15H,5-6H2,1H3. The maximum Gasteiger partial charge on any atom is 0.131 e. The second-order valence-corrected chi connectivity index (χ2v) is 3.58. The Balaban J connectivity index is 2.29. The molecule has 0 saturated heterocycles. The molecule has 0 amide bonds. The molecular formula is C12H14N2O2. The van der Waals surface area contributed by atoms with Gasteiger partial charge in [0.15, 0.2) is 0 Å². The summed E-state index contributed by atoms with van der Waals surface area (Å²) in [5, 5.41) is 16.4. The van der Waals surface area contributed by atoms with Crippen molar-refractivity contribution in [1.82, 2.24) is 10.5 Å². The van der Waals surface area contributed by atoms with Crippen LogP contribution in [0.4, 0.5) is 0 Å². The predicted octanol–water partition coefficient (Wildman–Crippen LogP) is 1.81. The lowest BCUT2D eigenvalue weighted by molar-refractivity contribution is 0.411. The summed E-state index contributed by atoms with van der Waals surface area (Å²) >= 11 is 0. The summed E-state index contributed by atoms with van der Waals surface area (Å²) in [6.45, 7) is 0.846. The van der Waals surface area contributed by atoms with Crippen molar-refractivity contribution in [1.29, 1.82) is 0 Å². The molecule has 2 rings (SSSR count). The van der Waals surface area contributed by atoms with Gasteiger partial charge in [-0.15, -0.1) is 0 Å². The molecule has 84 valence electrons. The Morgan fingerprint density at radius 2 is 2.31 bits per heavy atom. The third-order valence-electron chi connectivity index (χ3n) is 2.41. The van der Waals surface area contributed by atoms with Gasteiger partial charge in [0.25, 0.3) is 0 Å². The molecule has 0 aliphatic rings. The van der Waals surface area contributed by atoms with E-state index in [1.807, 2.05) is 13.1 Å². The number of benzene rings is 1. The predicted molar refractivity (Wildman–Crippen MR) is 61.2 cm³/mol. The van der Waals surface area contributed by atoms with Gasteiger partial charge in [-0.3, -0.25) is 0 Å². The molecular weight excluding hydrogens is 204 g/mol. The summed E-state index contributed by atoms with van der Waals surface area (Å²) in [6.07, 6.45) is 2.41. The van der Waals surface area contributed by atoms with Crippen molar-refractivity contribution in [3.05, 3.63) is 36.2 Å². The molecule has 1 aromatic carbocycles. The Kier molecular flexibility index (Phi) is 3.22. The highest BCUT2D eigenvalue weighted by Crippen LogP contribution is 2.26. The first kappa shape index (κ1) is 10.7. The van der Waals surface area contributed by atoms with Crippen LogP contribution in [0.15, 0.2) is 35.1 Å². The fourth-order valence-corrected chi connectivity index (χ4v) is 1.59. The maximum atomic E-state index is 9.42. The minimum Gasteiger partial charge on any atom is -0.508 e. The number of nitrogens with zero attached hydrogens (tertiary/aromatic N) is 1. The van der Waals surface area contributed by atoms with Gasteiger partial charge in [0, 0.05) is 18.5 Å². The van der Waals surface area contributed by atoms with Gasteiger partial charge >= 0.3 is 0 Å². The molecule has 0 atom stereocenters. The van der Waals surface area contributed by atoms with Crippen LogP contribution in [0.2, 0.25) is 0 Å². The normalized spacial score (nSPS) is 10.6. The second-order valence-electron chi connectivity index (χ2n) is 3.58. The first-order valence-electron chi connectivity index (χ1n) is 5.18. The summed E-state index contributed by atoms with van der Waals surface area (Å²) in [4.78, 5) is 0. The van der Waals surface area contributed by atoms with E-state index in [4.69, 9.17) is 4.52 Å². The second kappa shape index (κ2) is 4.81. The van der Waals surface area contributed by atoms with Crippen LogP contribution in [0.5, 0.6) is 5.75 Å². The van der Waals surface area contributed by atoms with Crippen LogP contribution in [-0.4, -0.2) is 23.9 Å². The molecule has 0 radical (unpaired) electrons. The lowest BCUT2D eigenvalue weighted by Gasteiger charge is -2.01. The minimum absolute atomic E-state index is 0.248. The fourth-order valence-electron chi connectivity index (χ4n) is 1.59. The molecule has 0 aliphatic heterocycles. The zero-order valence-electron chi connectivity index (χ0n) is 9.10. The van der Waals surface area contributed by atoms with Gasteiger partial charge in [-0.05, 0) is 24.7 Å². The number of likely N-dealkylation sites (N-methyl/N-ethyl adjacent to an activating group) is 1. The Morgan fingerprint density at radius 3 is 3.06 bits per heavy atom. The SMILES string of the molecule is CNCCc1nocc1-c1cccc(O)c1. The van der Waals surface area contributed by atoms with Crippen molar-refractivity contribution < 1.29 is 9.63 Å². The van der Waals surface area contributed by atoms with E-state index in [1.54, 1.807) is 24.5 Å². The van der Waals surface area contributed by atoms with Crippen molar-refractivity contribution in [2.24, 2.45) is 0 Å². The van der Waals surface area contributed by atoms with Crippen molar-refractivity contribution in [2.75, 3.05) is 13.6 Å². The maximum absolute atomic E-state index is 9.42. The molecule has 1 heterocycles. The zero-order valence-corrected chi connectivity index (χ0v) is 9.10. The number of phenols is 1. The zero-order chi connectivity index (χ0) is 11.4. The number of rotatable bonds is 4. The molecule has 0 fully saturated rings. The van der Waals surface area contributed by atoms with Crippen molar-refractivity contribution in [3.63, 3.8) is 0 Å². The van der Waals surface area contributed by atoms with Gasteiger partial charge in [-0.25, -0.2) is 0 Å².